The van der Waals surface area contributed by atoms with Crippen molar-refractivity contribution in [3.05, 3.63) is 127 Å². The van der Waals surface area contributed by atoms with E-state index in [0.29, 0.717) is 42.8 Å². The van der Waals surface area contributed by atoms with Crippen LogP contribution in [0.1, 0.15) is 33.6 Å². The van der Waals surface area contributed by atoms with E-state index < -0.39 is 15.4 Å². The number of Topliss-reactive ketones (excluding diaryl/α,β-unsaturated/α-hetero) is 1. The maximum Gasteiger partial charge on any atom is 0.243 e. The highest BCUT2D eigenvalue weighted by molar-refractivity contribution is 7.89. The van der Waals surface area contributed by atoms with Gasteiger partial charge >= 0.3 is 0 Å². The van der Waals surface area contributed by atoms with Crippen LogP contribution in [0.4, 0.5) is 17.1 Å². The van der Waals surface area contributed by atoms with E-state index in [9.17, 15) is 13.2 Å². The van der Waals surface area contributed by atoms with Gasteiger partial charge in [-0.25, -0.2) is 13.4 Å². The Balaban J connectivity index is 1.37. The van der Waals surface area contributed by atoms with Crippen molar-refractivity contribution in [3.8, 4) is 22.5 Å². The fourth-order valence-electron chi connectivity index (χ4n) is 6.90. The van der Waals surface area contributed by atoms with E-state index in [1.54, 1.807) is 16.4 Å². The highest BCUT2D eigenvalue weighted by Gasteiger charge is 2.37. The molecule has 1 fully saturated rings. The van der Waals surface area contributed by atoms with Crippen molar-refractivity contribution in [1.82, 2.24) is 4.31 Å². The van der Waals surface area contributed by atoms with Crippen LogP contribution in [0.25, 0.3) is 33.4 Å². The first-order valence-electron chi connectivity index (χ1n) is 17.0. The van der Waals surface area contributed by atoms with Crippen molar-refractivity contribution in [2.75, 3.05) is 25.0 Å². The summed E-state index contributed by atoms with van der Waals surface area (Å²) in [6.07, 6.45) is 1.03. The molecule has 0 radical (unpaired) electrons. The zero-order valence-electron chi connectivity index (χ0n) is 28.8. The lowest BCUT2D eigenvalue weighted by Crippen LogP contribution is -2.42. The minimum absolute atomic E-state index is 0.140. The molecule has 0 bridgehead atoms. The molecule has 8 heteroatoms. The Morgan fingerprint density at radius 1 is 0.780 bits per heavy atom. The smallest absolute Gasteiger partial charge is 0.243 e. The van der Waals surface area contributed by atoms with Crippen LogP contribution in [0.15, 0.2) is 136 Å². The Hall–Kier alpha value is -5.05. The van der Waals surface area contributed by atoms with Crippen LogP contribution in [-0.4, -0.2) is 38.6 Å². The number of sulfonamides is 1. The number of ketones is 1. The standard InChI is InChI=1S/C42H41N3O4S/c1-42(2,3)41(46)29-23-25-45(26-24-29)50(47,48)39-18-12-11-17-36(39)40-34-21-19-31(43-30-13-7-5-8-14-30)27-37(34)49-38-28-33(20-22-35(38)40)44(4)32-15-9-6-10-16-32/h5-22,27-29H,23-26H2,1-4H3. The van der Waals surface area contributed by atoms with Gasteiger partial charge in [0.15, 0.2) is 0 Å². The maximum absolute atomic E-state index is 14.5. The third-order valence-electron chi connectivity index (χ3n) is 9.57. The maximum atomic E-state index is 14.5. The topological polar surface area (TPSA) is 83.2 Å². The molecule has 7 rings (SSSR count). The lowest BCUT2D eigenvalue weighted by atomic mass is 9.79. The second-order valence-electron chi connectivity index (χ2n) is 14.0. The van der Waals surface area contributed by atoms with Crippen molar-refractivity contribution in [3.63, 3.8) is 0 Å². The minimum Gasteiger partial charge on any atom is -0.456 e. The van der Waals surface area contributed by atoms with Gasteiger partial charge in [-0.3, -0.25) is 4.79 Å². The molecular formula is C42H41N3O4S. The number of hydrogen-bond acceptors (Lipinski definition) is 6. The molecule has 0 amide bonds. The van der Waals surface area contributed by atoms with E-state index >= 15 is 0 Å². The molecule has 1 saturated heterocycles. The first-order valence-corrected chi connectivity index (χ1v) is 18.5. The molecule has 4 aromatic carbocycles. The summed E-state index contributed by atoms with van der Waals surface area (Å²) >= 11 is 0. The van der Waals surface area contributed by atoms with Gasteiger partial charge < -0.3 is 9.32 Å². The number of carbonyl (C=O) groups is 1. The Kier molecular flexibility index (Phi) is 8.93. The second-order valence-corrected chi connectivity index (χ2v) is 15.9. The molecule has 7 nitrogen and oxygen atoms in total. The van der Waals surface area contributed by atoms with Crippen molar-refractivity contribution in [2.45, 2.75) is 38.5 Å². The Labute approximate surface area is 293 Å². The van der Waals surface area contributed by atoms with Crippen LogP contribution in [0.2, 0.25) is 0 Å². The highest BCUT2D eigenvalue weighted by atomic mass is 32.2. The van der Waals surface area contributed by atoms with E-state index in [-0.39, 0.29) is 16.6 Å². The second kappa shape index (κ2) is 13.3. The molecule has 50 heavy (non-hydrogen) atoms. The third kappa shape index (κ3) is 6.49. The summed E-state index contributed by atoms with van der Waals surface area (Å²) < 4.78 is 37.1. The SMILES string of the molecule is CN(c1ccccc1)c1ccc2c(-c3ccccc3S(=O)(=O)N3CCC(C(=O)C(C)(C)C)CC3)c3ccc(=Nc4ccccc4)cc-3oc2c1. The zero-order chi connectivity index (χ0) is 35.0. The number of nitrogens with zero attached hydrogens (tertiary/aromatic N) is 3. The van der Waals surface area contributed by atoms with E-state index in [1.165, 1.54) is 0 Å². The van der Waals surface area contributed by atoms with Crippen molar-refractivity contribution < 1.29 is 17.6 Å². The van der Waals surface area contributed by atoms with Gasteiger partial charge in [0, 0.05) is 77.1 Å². The lowest BCUT2D eigenvalue weighted by molar-refractivity contribution is -0.131. The van der Waals surface area contributed by atoms with E-state index in [1.807, 2.05) is 137 Å². The number of carbonyl (C=O) groups excluding carboxylic acids is 1. The van der Waals surface area contributed by atoms with Gasteiger partial charge in [0.1, 0.15) is 17.1 Å². The molecule has 4 aromatic rings. The average molecular weight is 684 g/mol. The Morgan fingerprint density at radius 3 is 2.14 bits per heavy atom. The highest BCUT2D eigenvalue weighted by Crippen LogP contribution is 2.44. The predicted molar refractivity (Wildman–Crippen MR) is 200 cm³/mol. The molecule has 0 N–H and O–H groups in total. The normalized spacial score (nSPS) is 15.1. The summed E-state index contributed by atoms with van der Waals surface area (Å²) in [6.45, 7) is 6.38. The largest absolute Gasteiger partial charge is 0.456 e. The number of piperidine rings is 1. The molecule has 3 aliphatic rings. The predicted octanol–water partition coefficient (Wildman–Crippen LogP) is 9.22. The third-order valence-corrected chi connectivity index (χ3v) is 11.5. The minimum atomic E-state index is -3.90. The van der Waals surface area contributed by atoms with Crippen LogP contribution < -0.4 is 10.3 Å². The van der Waals surface area contributed by atoms with Crippen LogP contribution in [0.3, 0.4) is 0 Å². The fraction of sp³-hybridized carbons (Fsp3) is 0.238. The number of benzene rings is 5. The molecule has 1 aliphatic carbocycles. The molecule has 2 heterocycles. The van der Waals surface area contributed by atoms with Crippen molar-refractivity contribution >= 4 is 43.8 Å². The van der Waals surface area contributed by atoms with Gasteiger partial charge in [-0.15, -0.1) is 0 Å². The molecule has 0 atom stereocenters. The number of anilines is 2. The molecule has 0 aromatic heterocycles. The van der Waals surface area contributed by atoms with Crippen LogP contribution in [0.5, 0.6) is 0 Å². The van der Waals surface area contributed by atoms with Gasteiger partial charge in [0.05, 0.1) is 15.9 Å². The number of para-hydroxylation sites is 2. The zero-order valence-corrected chi connectivity index (χ0v) is 29.7. The molecule has 0 unspecified atom stereocenters. The number of hydrogen-bond donors (Lipinski definition) is 0. The van der Waals surface area contributed by atoms with Crippen LogP contribution >= 0.6 is 0 Å². The summed E-state index contributed by atoms with van der Waals surface area (Å²) in [5, 5.41) is 1.52. The molecule has 254 valence electrons. The monoisotopic (exact) mass is 683 g/mol. The quantitative estimate of drug-likeness (QED) is 0.157. The molecule has 0 saturated carbocycles. The molecule has 0 spiro atoms. The van der Waals surface area contributed by atoms with Crippen molar-refractivity contribution in [1.29, 1.82) is 0 Å². The van der Waals surface area contributed by atoms with Gasteiger partial charge in [-0.1, -0.05) is 75.4 Å². The van der Waals surface area contributed by atoms with E-state index in [0.717, 1.165) is 38.9 Å². The average Bonchev–Trinajstić information content (AvgIpc) is 3.13. The van der Waals surface area contributed by atoms with Crippen LogP contribution in [0, 0.1) is 11.3 Å². The summed E-state index contributed by atoms with van der Waals surface area (Å²) in [6, 6.07) is 38.9. The van der Waals surface area contributed by atoms with Gasteiger partial charge in [-0.2, -0.15) is 4.31 Å². The van der Waals surface area contributed by atoms with Crippen LogP contribution in [-0.2, 0) is 14.8 Å². The van der Waals surface area contributed by atoms with E-state index in [2.05, 4.69) is 4.90 Å². The summed E-state index contributed by atoms with van der Waals surface area (Å²) in [7, 11) is -1.90. The molecule has 2 aliphatic heterocycles. The molecular weight excluding hydrogens is 643 g/mol. The van der Waals surface area contributed by atoms with Gasteiger partial charge in [-0.05, 0) is 67.4 Å². The van der Waals surface area contributed by atoms with Gasteiger partial charge in [0.25, 0.3) is 0 Å². The number of fused-ring (bicyclic) bond motifs is 2. The number of rotatable bonds is 7. The van der Waals surface area contributed by atoms with E-state index in [4.69, 9.17) is 9.41 Å². The fourth-order valence-corrected chi connectivity index (χ4v) is 8.56. The summed E-state index contributed by atoms with van der Waals surface area (Å²) in [5.41, 5.74) is 5.11. The summed E-state index contributed by atoms with van der Waals surface area (Å²) in [4.78, 5) is 20.2. The first kappa shape index (κ1) is 33.4. The van der Waals surface area contributed by atoms with Gasteiger partial charge in [0.2, 0.25) is 10.0 Å². The Bertz CT molecular complexity index is 2320. The Morgan fingerprint density at radius 2 is 1.44 bits per heavy atom. The summed E-state index contributed by atoms with van der Waals surface area (Å²) in [5.74, 6) is 0.647. The van der Waals surface area contributed by atoms with Crippen molar-refractivity contribution in [2.24, 2.45) is 16.3 Å². The first-order chi connectivity index (χ1) is 24.0. The lowest BCUT2D eigenvalue weighted by Gasteiger charge is -2.33.